The molecule has 0 aliphatic carbocycles. The molecule has 0 saturated carbocycles. The van der Waals surface area contributed by atoms with Crippen molar-refractivity contribution < 1.29 is 19.6 Å². The highest BCUT2D eigenvalue weighted by molar-refractivity contribution is 5.97. The predicted octanol–water partition coefficient (Wildman–Crippen LogP) is 2.10. The van der Waals surface area contributed by atoms with Gasteiger partial charge in [0.1, 0.15) is 6.04 Å². The molecular weight excluding hydrogens is 276 g/mol. The number of rotatable bonds is 4. The van der Waals surface area contributed by atoms with Gasteiger partial charge in [-0.2, -0.15) is 0 Å². The molecule has 1 atom stereocenters. The lowest BCUT2D eigenvalue weighted by Crippen LogP contribution is -2.38. The molecule has 21 heavy (non-hydrogen) atoms. The van der Waals surface area contributed by atoms with Crippen LogP contribution in [0.4, 0.5) is 5.69 Å². The van der Waals surface area contributed by atoms with Gasteiger partial charge < -0.3 is 10.4 Å². The Morgan fingerprint density at radius 3 is 2.33 bits per heavy atom. The Hall–Kier alpha value is -2.44. The van der Waals surface area contributed by atoms with Gasteiger partial charge in [-0.3, -0.25) is 19.7 Å². The molecule has 2 N–H and O–H groups in total. The van der Waals surface area contributed by atoms with Gasteiger partial charge in [-0.05, 0) is 18.4 Å². The summed E-state index contributed by atoms with van der Waals surface area (Å²) in [6, 6.07) is 3.08. The first-order chi connectivity index (χ1) is 9.54. The fraction of sp³-hybridized carbons (Fsp3) is 0.429. The van der Waals surface area contributed by atoms with Crippen LogP contribution in [0.1, 0.15) is 43.6 Å². The number of aliphatic carboxylic acids is 1. The number of nitro benzene ring substituents is 1. The van der Waals surface area contributed by atoms with Crippen molar-refractivity contribution in [3.63, 3.8) is 0 Å². The molecule has 0 bridgehead atoms. The van der Waals surface area contributed by atoms with Gasteiger partial charge in [-0.25, -0.2) is 0 Å². The van der Waals surface area contributed by atoms with Crippen molar-refractivity contribution in [1.82, 2.24) is 5.32 Å². The molecule has 0 aliphatic rings. The Morgan fingerprint density at radius 2 is 1.90 bits per heavy atom. The molecule has 114 valence electrons. The lowest BCUT2D eigenvalue weighted by molar-refractivity contribution is -0.386. The Morgan fingerprint density at radius 1 is 1.33 bits per heavy atom. The zero-order valence-corrected chi connectivity index (χ0v) is 12.3. The number of amides is 1. The van der Waals surface area contributed by atoms with E-state index in [9.17, 15) is 19.7 Å². The lowest BCUT2D eigenvalue weighted by Gasteiger charge is -2.19. The van der Waals surface area contributed by atoms with E-state index < -0.39 is 28.3 Å². The van der Waals surface area contributed by atoms with E-state index in [0.717, 1.165) is 0 Å². The molecule has 1 amide bonds. The summed E-state index contributed by atoms with van der Waals surface area (Å²) in [7, 11) is 0. The molecule has 0 heterocycles. The van der Waals surface area contributed by atoms with E-state index in [0.29, 0.717) is 5.56 Å². The van der Waals surface area contributed by atoms with Crippen molar-refractivity contribution in [2.24, 2.45) is 0 Å². The summed E-state index contributed by atoms with van der Waals surface area (Å²) in [5.41, 5.74) is -0.0255. The van der Waals surface area contributed by atoms with Crippen molar-refractivity contribution in [2.75, 3.05) is 0 Å². The van der Waals surface area contributed by atoms with Crippen molar-refractivity contribution in [3.05, 3.63) is 39.4 Å². The van der Waals surface area contributed by atoms with Gasteiger partial charge in [0.05, 0.1) is 4.92 Å². The van der Waals surface area contributed by atoms with E-state index in [1.165, 1.54) is 25.1 Å². The molecule has 7 nitrogen and oxygen atoms in total. The first-order valence-electron chi connectivity index (χ1n) is 6.36. The number of nitro groups is 1. The highest BCUT2D eigenvalue weighted by Gasteiger charge is 2.26. The number of nitrogens with zero attached hydrogens (tertiary/aromatic N) is 1. The SMILES string of the molecule is C[C@H](NC(=O)c1ccc(C(C)(C)C)c([N+](=O)[O-])c1)C(=O)O. The van der Waals surface area contributed by atoms with E-state index in [1.807, 2.05) is 20.8 Å². The standard InChI is InChI=1S/C14H18N2O5/c1-8(13(18)19)15-12(17)9-5-6-10(14(2,3)4)11(7-9)16(20)21/h5-8H,1-4H3,(H,15,17)(H,18,19)/t8-/m0/s1. The van der Waals surface area contributed by atoms with Gasteiger partial charge in [0, 0.05) is 17.2 Å². The van der Waals surface area contributed by atoms with Crippen LogP contribution in [0.2, 0.25) is 0 Å². The van der Waals surface area contributed by atoms with Gasteiger partial charge in [0.2, 0.25) is 0 Å². The number of hydrogen-bond acceptors (Lipinski definition) is 4. The molecule has 0 aromatic heterocycles. The minimum atomic E-state index is -1.18. The van der Waals surface area contributed by atoms with Crippen LogP contribution in [0.5, 0.6) is 0 Å². The van der Waals surface area contributed by atoms with Crippen LogP contribution in [0.15, 0.2) is 18.2 Å². The molecule has 1 aromatic rings. The first-order valence-corrected chi connectivity index (χ1v) is 6.36. The molecule has 1 rings (SSSR count). The predicted molar refractivity (Wildman–Crippen MR) is 76.4 cm³/mol. The summed E-state index contributed by atoms with van der Waals surface area (Å²) in [6.45, 7) is 6.82. The maximum atomic E-state index is 11.9. The molecule has 0 saturated heterocycles. The van der Waals surface area contributed by atoms with Crippen molar-refractivity contribution >= 4 is 17.6 Å². The third-order valence-corrected chi connectivity index (χ3v) is 2.98. The lowest BCUT2D eigenvalue weighted by atomic mass is 9.85. The van der Waals surface area contributed by atoms with Gasteiger partial charge in [0.25, 0.3) is 11.6 Å². The third kappa shape index (κ3) is 4.01. The first kappa shape index (κ1) is 16.6. The largest absolute Gasteiger partial charge is 0.480 e. The fourth-order valence-electron chi connectivity index (χ4n) is 1.80. The molecular formula is C14H18N2O5. The summed E-state index contributed by atoms with van der Waals surface area (Å²) in [6.07, 6.45) is 0. The van der Waals surface area contributed by atoms with Gasteiger partial charge in [-0.15, -0.1) is 0 Å². The summed E-state index contributed by atoms with van der Waals surface area (Å²) in [5.74, 6) is -1.84. The van der Waals surface area contributed by atoms with Crippen LogP contribution < -0.4 is 5.32 Å². The normalized spacial score (nSPS) is 12.6. The van der Waals surface area contributed by atoms with Crippen molar-refractivity contribution in [2.45, 2.75) is 39.2 Å². The summed E-state index contributed by atoms with van der Waals surface area (Å²) in [4.78, 5) is 33.2. The summed E-state index contributed by atoms with van der Waals surface area (Å²) in [5, 5.41) is 22.2. The van der Waals surface area contributed by atoms with Crippen LogP contribution in [-0.2, 0) is 10.2 Å². The quantitative estimate of drug-likeness (QED) is 0.652. The zero-order chi connectivity index (χ0) is 16.4. The molecule has 0 aliphatic heterocycles. The Balaban J connectivity index is 3.18. The zero-order valence-electron chi connectivity index (χ0n) is 12.3. The highest BCUT2D eigenvalue weighted by atomic mass is 16.6. The van der Waals surface area contributed by atoms with Gasteiger partial charge in [0.15, 0.2) is 0 Å². The summed E-state index contributed by atoms with van der Waals surface area (Å²) >= 11 is 0. The number of carboxylic acid groups (broad SMARTS) is 1. The van der Waals surface area contributed by atoms with Crippen molar-refractivity contribution in [3.8, 4) is 0 Å². The van der Waals surface area contributed by atoms with E-state index in [-0.39, 0.29) is 11.3 Å². The van der Waals surface area contributed by atoms with Crippen LogP contribution >= 0.6 is 0 Å². The number of carboxylic acids is 1. The number of nitrogens with one attached hydrogen (secondary N) is 1. The fourth-order valence-corrected chi connectivity index (χ4v) is 1.80. The van der Waals surface area contributed by atoms with E-state index >= 15 is 0 Å². The second-order valence-corrected chi connectivity index (χ2v) is 5.77. The number of hydrogen-bond donors (Lipinski definition) is 2. The Labute approximate surface area is 122 Å². The van der Waals surface area contributed by atoms with Crippen LogP contribution in [-0.4, -0.2) is 27.9 Å². The second-order valence-electron chi connectivity index (χ2n) is 5.77. The van der Waals surface area contributed by atoms with Gasteiger partial charge in [-0.1, -0.05) is 26.8 Å². The Kier molecular flexibility index (Phi) is 4.67. The molecule has 0 fully saturated rings. The van der Waals surface area contributed by atoms with Crippen molar-refractivity contribution in [1.29, 1.82) is 0 Å². The smallest absolute Gasteiger partial charge is 0.325 e. The Bertz CT molecular complexity index is 590. The third-order valence-electron chi connectivity index (χ3n) is 2.98. The monoisotopic (exact) mass is 294 g/mol. The minimum absolute atomic E-state index is 0.0581. The summed E-state index contributed by atoms with van der Waals surface area (Å²) < 4.78 is 0. The molecule has 1 aromatic carbocycles. The number of carbonyl (C=O) groups is 2. The number of benzene rings is 1. The topological polar surface area (TPSA) is 110 Å². The molecule has 0 radical (unpaired) electrons. The van der Waals surface area contributed by atoms with Crippen LogP contribution in [0.3, 0.4) is 0 Å². The van der Waals surface area contributed by atoms with Gasteiger partial charge >= 0.3 is 5.97 Å². The molecule has 7 heteroatoms. The molecule has 0 unspecified atom stereocenters. The maximum absolute atomic E-state index is 11.9. The van der Waals surface area contributed by atoms with Crippen LogP contribution in [0, 0.1) is 10.1 Å². The minimum Gasteiger partial charge on any atom is -0.480 e. The average molecular weight is 294 g/mol. The maximum Gasteiger partial charge on any atom is 0.325 e. The number of carbonyl (C=O) groups excluding carboxylic acids is 1. The highest BCUT2D eigenvalue weighted by Crippen LogP contribution is 2.31. The second kappa shape index (κ2) is 5.90. The average Bonchev–Trinajstić information content (AvgIpc) is 2.36. The van der Waals surface area contributed by atoms with E-state index in [4.69, 9.17) is 5.11 Å². The van der Waals surface area contributed by atoms with E-state index in [1.54, 1.807) is 0 Å². The van der Waals surface area contributed by atoms with Crippen LogP contribution in [0.25, 0.3) is 0 Å². The molecule has 0 spiro atoms. The van der Waals surface area contributed by atoms with E-state index in [2.05, 4.69) is 5.32 Å².